The van der Waals surface area contributed by atoms with E-state index in [2.05, 4.69) is 5.32 Å². The molecule has 0 spiro atoms. The van der Waals surface area contributed by atoms with Gasteiger partial charge in [0.05, 0.1) is 36.8 Å². The predicted octanol–water partition coefficient (Wildman–Crippen LogP) is 6.66. The lowest BCUT2D eigenvalue weighted by Gasteiger charge is -2.24. The van der Waals surface area contributed by atoms with Gasteiger partial charge in [-0.3, -0.25) is 19.3 Å². The second kappa shape index (κ2) is 11.5. The zero-order chi connectivity index (χ0) is 27.7. The summed E-state index contributed by atoms with van der Waals surface area (Å²) in [5.41, 5.74) is -1.79. The molecule has 1 aliphatic rings. The van der Waals surface area contributed by atoms with E-state index in [0.29, 0.717) is 23.8 Å². The van der Waals surface area contributed by atoms with Gasteiger partial charge >= 0.3 is 12.1 Å². The van der Waals surface area contributed by atoms with Crippen LogP contribution in [0.3, 0.4) is 0 Å². The fourth-order valence-corrected chi connectivity index (χ4v) is 4.62. The molecule has 0 radical (unpaired) electrons. The molecule has 2 aromatic rings. The Balaban J connectivity index is 1.78. The number of hydrogen-bond acceptors (Lipinski definition) is 5. The molecule has 37 heavy (non-hydrogen) atoms. The van der Waals surface area contributed by atoms with Crippen LogP contribution in [0.2, 0.25) is 20.1 Å². The number of nitrogens with zero attached hydrogens (tertiary/aromatic N) is 1. The maximum Gasteiger partial charge on any atom is 0.416 e. The Morgan fingerprint density at radius 2 is 1.57 bits per heavy atom. The first-order chi connectivity index (χ1) is 17.3. The minimum absolute atomic E-state index is 0.00719. The summed E-state index contributed by atoms with van der Waals surface area (Å²) in [4.78, 5) is 52.0. The third-order valence-electron chi connectivity index (χ3n) is 5.37. The van der Waals surface area contributed by atoms with Crippen molar-refractivity contribution in [3.05, 3.63) is 61.0 Å². The molecule has 198 valence electrons. The van der Waals surface area contributed by atoms with Crippen molar-refractivity contribution in [2.24, 2.45) is 0 Å². The molecule has 0 fully saturated rings. The van der Waals surface area contributed by atoms with Crippen LogP contribution >= 0.6 is 46.4 Å². The van der Waals surface area contributed by atoms with Crippen LogP contribution in [0, 0.1) is 0 Å². The maximum absolute atomic E-state index is 13.1. The van der Waals surface area contributed by atoms with Gasteiger partial charge in [-0.25, -0.2) is 4.79 Å². The van der Waals surface area contributed by atoms with Crippen molar-refractivity contribution >= 4 is 75.8 Å². The van der Waals surface area contributed by atoms with E-state index in [1.165, 1.54) is 6.07 Å². The van der Waals surface area contributed by atoms with Crippen molar-refractivity contribution in [1.82, 2.24) is 4.90 Å². The molecule has 14 heteroatoms. The van der Waals surface area contributed by atoms with Crippen LogP contribution in [0.5, 0.6) is 0 Å². The molecule has 0 unspecified atom stereocenters. The van der Waals surface area contributed by atoms with Crippen LogP contribution in [-0.2, 0) is 20.5 Å². The van der Waals surface area contributed by atoms with E-state index >= 15 is 0 Å². The highest BCUT2D eigenvalue weighted by molar-refractivity contribution is 6.55. The molecule has 1 heterocycles. The number of rotatable bonds is 8. The minimum Gasteiger partial charge on any atom is -0.454 e. The van der Waals surface area contributed by atoms with Crippen LogP contribution in [0.1, 0.15) is 52.5 Å². The van der Waals surface area contributed by atoms with E-state index in [4.69, 9.17) is 51.1 Å². The van der Waals surface area contributed by atoms with Gasteiger partial charge in [0.1, 0.15) is 6.04 Å². The van der Waals surface area contributed by atoms with Crippen LogP contribution in [0.15, 0.2) is 24.3 Å². The SMILES string of the molecule is CCCC[C@H](C(=O)OCC(=O)Nc1cccc(C(F)(F)F)c1)N1C(=O)c2c(Cl)c(Cl)c(Cl)c(Cl)c2C1=O. The summed E-state index contributed by atoms with van der Waals surface area (Å²) in [5.74, 6) is -3.92. The first-order valence-electron chi connectivity index (χ1n) is 10.7. The van der Waals surface area contributed by atoms with E-state index in [0.717, 1.165) is 12.1 Å². The van der Waals surface area contributed by atoms with E-state index < -0.39 is 48.1 Å². The lowest BCUT2D eigenvalue weighted by molar-refractivity contribution is -0.151. The third-order valence-corrected chi connectivity index (χ3v) is 7.17. The Morgan fingerprint density at radius 3 is 2.08 bits per heavy atom. The van der Waals surface area contributed by atoms with Crippen LogP contribution < -0.4 is 5.32 Å². The molecule has 0 aromatic heterocycles. The Morgan fingerprint density at radius 1 is 1.00 bits per heavy atom. The number of hydrogen-bond donors (Lipinski definition) is 1. The van der Waals surface area contributed by atoms with Crippen LogP contribution in [0.4, 0.5) is 18.9 Å². The summed E-state index contributed by atoms with van der Waals surface area (Å²) in [5, 5.41) is 1.09. The van der Waals surface area contributed by atoms with Gasteiger partial charge in [0, 0.05) is 5.69 Å². The van der Waals surface area contributed by atoms with Crippen molar-refractivity contribution in [1.29, 1.82) is 0 Å². The van der Waals surface area contributed by atoms with Gasteiger partial charge in [0.2, 0.25) is 0 Å². The average Bonchev–Trinajstić information content (AvgIpc) is 3.10. The van der Waals surface area contributed by atoms with E-state index in [1.54, 1.807) is 6.92 Å². The van der Waals surface area contributed by atoms with E-state index in [1.807, 2.05) is 0 Å². The largest absolute Gasteiger partial charge is 0.454 e. The van der Waals surface area contributed by atoms with Crippen molar-refractivity contribution in [3.8, 4) is 0 Å². The number of imide groups is 1. The number of fused-ring (bicyclic) bond motifs is 1. The fraction of sp³-hybridized carbons (Fsp3) is 0.304. The third kappa shape index (κ3) is 5.98. The second-order valence-electron chi connectivity index (χ2n) is 7.88. The van der Waals surface area contributed by atoms with Crippen molar-refractivity contribution < 1.29 is 37.1 Å². The quantitative estimate of drug-likeness (QED) is 0.159. The number of unbranched alkanes of at least 4 members (excludes halogenated alkanes) is 1. The lowest BCUT2D eigenvalue weighted by atomic mass is 10.1. The van der Waals surface area contributed by atoms with Gasteiger partial charge in [-0.2, -0.15) is 13.2 Å². The monoisotopic (exact) mass is 598 g/mol. The molecular formula is C23H17Cl4F3N2O5. The second-order valence-corrected chi connectivity index (χ2v) is 9.39. The van der Waals surface area contributed by atoms with Gasteiger partial charge in [0.15, 0.2) is 6.61 Å². The van der Waals surface area contributed by atoms with Gasteiger partial charge in [0.25, 0.3) is 17.7 Å². The Kier molecular flexibility index (Phi) is 9.00. The number of carbonyl (C=O) groups excluding carboxylic acids is 4. The number of halogens is 7. The first-order valence-corrected chi connectivity index (χ1v) is 12.2. The Bertz CT molecular complexity index is 1240. The normalized spacial score (nSPS) is 14.0. The summed E-state index contributed by atoms with van der Waals surface area (Å²) in [6, 6.07) is 2.42. The molecule has 2 aromatic carbocycles. The van der Waals surface area contributed by atoms with Gasteiger partial charge in [-0.1, -0.05) is 72.2 Å². The summed E-state index contributed by atoms with van der Waals surface area (Å²) in [6.45, 7) is 0.917. The number of benzene rings is 2. The molecule has 3 rings (SSSR count). The molecule has 1 atom stereocenters. The number of amides is 3. The predicted molar refractivity (Wildman–Crippen MR) is 131 cm³/mol. The Labute approximate surface area is 228 Å². The van der Waals surface area contributed by atoms with Gasteiger partial charge < -0.3 is 10.1 Å². The fourth-order valence-electron chi connectivity index (χ4n) is 3.60. The molecule has 1 N–H and O–H groups in total. The number of esters is 1. The summed E-state index contributed by atoms with van der Waals surface area (Å²) >= 11 is 24.3. The molecule has 3 amide bonds. The lowest BCUT2D eigenvalue weighted by Crippen LogP contribution is -2.46. The molecule has 0 saturated carbocycles. The van der Waals surface area contributed by atoms with Crippen molar-refractivity contribution in [2.75, 3.05) is 11.9 Å². The highest BCUT2D eigenvalue weighted by atomic mass is 35.5. The summed E-state index contributed by atoms with van der Waals surface area (Å²) < 4.78 is 43.7. The number of alkyl halides is 3. The van der Waals surface area contributed by atoms with E-state index in [-0.39, 0.29) is 43.3 Å². The number of nitrogens with one attached hydrogen (secondary N) is 1. The smallest absolute Gasteiger partial charge is 0.416 e. The van der Waals surface area contributed by atoms with E-state index in [9.17, 15) is 32.3 Å². The average molecular weight is 600 g/mol. The Hall–Kier alpha value is -2.53. The van der Waals surface area contributed by atoms with Gasteiger partial charge in [-0.15, -0.1) is 0 Å². The van der Waals surface area contributed by atoms with Gasteiger partial charge in [-0.05, 0) is 24.6 Å². The molecule has 7 nitrogen and oxygen atoms in total. The molecule has 0 saturated heterocycles. The molecule has 0 bridgehead atoms. The number of ether oxygens (including phenoxy) is 1. The van der Waals surface area contributed by atoms with Crippen molar-refractivity contribution in [3.63, 3.8) is 0 Å². The molecular weight excluding hydrogens is 583 g/mol. The highest BCUT2D eigenvalue weighted by Crippen LogP contribution is 2.45. The standard InChI is InChI=1S/C23H17Cl4F3N2O5/c1-2-3-7-12(32-20(34)14-15(21(32)35)17(25)19(27)18(26)16(14)24)22(36)37-9-13(33)31-11-6-4-5-10(8-11)23(28,29)30/h4-6,8,12H,2-3,7,9H2,1H3,(H,31,33)/t12-/m1/s1. The van der Waals surface area contributed by atoms with Crippen molar-refractivity contribution in [2.45, 2.75) is 38.4 Å². The zero-order valence-corrected chi connectivity index (χ0v) is 21.9. The number of carbonyl (C=O) groups is 4. The summed E-state index contributed by atoms with van der Waals surface area (Å²) in [7, 11) is 0. The van der Waals surface area contributed by atoms with Crippen LogP contribution in [0.25, 0.3) is 0 Å². The number of anilines is 1. The zero-order valence-electron chi connectivity index (χ0n) is 18.8. The maximum atomic E-state index is 13.1. The topological polar surface area (TPSA) is 92.8 Å². The minimum atomic E-state index is -4.62. The highest BCUT2D eigenvalue weighted by Gasteiger charge is 2.47. The summed E-state index contributed by atoms with van der Waals surface area (Å²) in [6.07, 6.45) is -3.65. The van der Waals surface area contributed by atoms with Crippen LogP contribution in [-0.4, -0.2) is 41.2 Å². The molecule has 0 aliphatic carbocycles. The first kappa shape index (κ1) is 29.0. The molecule has 1 aliphatic heterocycles.